The molecule has 1 saturated heterocycles. The smallest absolute Gasteiger partial charge is 0.251 e. The molecule has 0 radical (unpaired) electrons. The van der Waals surface area contributed by atoms with Crippen molar-refractivity contribution >= 4 is 16.8 Å². The second-order valence-electron chi connectivity index (χ2n) is 9.33. The Morgan fingerprint density at radius 3 is 2.86 bits per heavy atom. The largest absolute Gasteiger partial charge is 0.379 e. The van der Waals surface area contributed by atoms with E-state index < -0.39 is 0 Å². The van der Waals surface area contributed by atoms with Gasteiger partial charge in [0, 0.05) is 47.8 Å². The van der Waals surface area contributed by atoms with Crippen LogP contribution >= 0.6 is 0 Å². The molecular weight excluding hydrogens is 362 g/mol. The van der Waals surface area contributed by atoms with Crippen molar-refractivity contribution in [1.29, 1.82) is 0 Å². The maximum absolute atomic E-state index is 13.0. The summed E-state index contributed by atoms with van der Waals surface area (Å²) in [5.41, 5.74) is 4.70. The molecule has 2 atom stereocenters. The molecule has 2 heterocycles. The first-order chi connectivity index (χ1) is 14.0. The Balaban J connectivity index is 1.47. The summed E-state index contributed by atoms with van der Waals surface area (Å²) in [6.45, 7) is 11.0. The lowest BCUT2D eigenvalue weighted by Crippen LogP contribution is -2.49. The number of hydrogen-bond acceptors (Lipinski definition) is 3. The van der Waals surface area contributed by atoms with E-state index in [0.29, 0.717) is 24.4 Å². The van der Waals surface area contributed by atoms with Crippen molar-refractivity contribution < 1.29 is 9.53 Å². The third-order valence-corrected chi connectivity index (χ3v) is 6.50. The molecule has 4 rings (SSSR count). The summed E-state index contributed by atoms with van der Waals surface area (Å²) in [5.74, 6) is 1.35. The number of rotatable bonds is 6. The van der Waals surface area contributed by atoms with Crippen LogP contribution in [0.2, 0.25) is 0 Å². The fraction of sp³-hybridized carbons (Fsp3) is 0.625. The SMILES string of the molecule is CC(C)CC(CNC(=O)c1ccc2[nH]c3c(c2c1)CC(C)CC3)N1CCOCC1. The molecule has 1 aliphatic carbocycles. The molecule has 1 amide bonds. The van der Waals surface area contributed by atoms with Crippen molar-refractivity contribution in [3.05, 3.63) is 35.0 Å². The molecule has 2 N–H and O–H groups in total. The molecule has 1 fully saturated rings. The number of aromatic amines is 1. The lowest BCUT2D eigenvalue weighted by Gasteiger charge is -2.35. The van der Waals surface area contributed by atoms with E-state index in [1.807, 2.05) is 6.07 Å². The second kappa shape index (κ2) is 8.88. The predicted molar refractivity (Wildman–Crippen MR) is 117 cm³/mol. The molecule has 1 aromatic heterocycles. The first kappa shape index (κ1) is 20.4. The number of hydrogen-bond donors (Lipinski definition) is 2. The molecule has 1 aliphatic heterocycles. The highest BCUT2D eigenvalue weighted by molar-refractivity contribution is 5.99. The highest BCUT2D eigenvalue weighted by Gasteiger charge is 2.24. The highest BCUT2D eigenvalue weighted by Crippen LogP contribution is 2.32. The highest BCUT2D eigenvalue weighted by atomic mass is 16.5. The molecule has 5 heteroatoms. The fourth-order valence-corrected chi connectivity index (χ4v) is 4.89. The number of carbonyl (C=O) groups is 1. The summed E-state index contributed by atoms with van der Waals surface area (Å²) in [6, 6.07) is 6.48. The van der Waals surface area contributed by atoms with Gasteiger partial charge in [-0.3, -0.25) is 9.69 Å². The number of aromatic nitrogens is 1. The molecule has 0 saturated carbocycles. The number of fused-ring (bicyclic) bond motifs is 3. The monoisotopic (exact) mass is 397 g/mol. The third-order valence-electron chi connectivity index (χ3n) is 6.50. The van der Waals surface area contributed by atoms with Gasteiger partial charge >= 0.3 is 0 Å². The Labute approximate surface area is 174 Å². The van der Waals surface area contributed by atoms with E-state index in [1.165, 1.54) is 23.1 Å². The van der Waals surface area contributed by atoms with Gasteiger partial charge in [0.2, 0.25) is 0 Å². The van der Waals surface area contributed by atoms with Crippen LogP contribution in [0.25, 0.3) is 10.9 Å². The summed E-state index contributed by atoms with van der Waals surface area (Å²) >= 11 is 0. The molecule has 0 spiro atoms. The second-order valence-corrected chi connectivity index (χ2v) is 9.33. The van der Waals surface area contributed by atoms with Gasteiger partial charge in [0.15, 0.2) is 0 Å². The molecule has 29 heavy (non-hydrogen) atoms. The number of aryl methyl sites for hydroxylation is 1. The van der Waals surface area contributed by atoms with Crippen LogP contribution in [-0.4, -0.2) is 54.7 Å². The van der Waals surface area contributed by atoms with Gasteiger partial charge in [-0.05, 0) is 61.3 Å². The van der Waals surface area contributed by atoms with Gasteiger partial charge in [-0.1, -0.05) is 20.8 Å². The Morgan fingerprint density at radius 2 is 2.10 bits per heavy atom. The molecular formula is C24H35N3O2. The van der Waals surface area contributed by atoms with E-state index in [4.69, 9.17) is 4.74 Å². The minimum Gasteiger partial charge on any atom is -0.379 e. The number of benzene rings is 1. The molecule has 2 aliphatic rings. The summed E-state index contributed by atoms with van der Waals surface area (Å²) in [6.07, 6.45) is 4.55. The van der Waals surface area contributed by atoms with Crippen LogP contribution < -0.4 is 5.32 Å². The summed E-state index contributed by atoms with van der Waals surface area (Å²) in [5, 5.41) is 4.44. The number of carbonyl (C=O) groups excluding carboxylic acids is 1. The van der Waals surface area contributed by atoms with Gasteiger partial charge in [-0.15, -0.1) is 0 Å². The van der Waals surface area contributed by atoms with Gasteiger partial charge < -0.3 is 15.0 Å². The Morgan fingerprint density at radius 1 is 1.31 bits per heavy atom. The zero-order valence-electron chi connectivity index (χ0n) is 18.1. The fourth-order valence-electron chi connectivity index (χ4n) is 4.89. The van der Waals surface area contributed by atoms with Crippen LogP contribution in [0, 0.1) is 11.8 Å². The number of amides is 1. The van der Waals surface area contributed by atoms with Gasteiger partial charge in [0.05, 0.1) is 13.2 Å². The Bertz CT molecular complexity index is 851. The van der Waals surface area contributed by atoms with E-state index in [9.17, 15) is 4.79 Å². The van der Waals surface area contributed by atoms with Crippen LogP contribution in [0.3, 0.4) is 0 Å². The number of H-pyrrole nitrogens is 1. The molecule has 2 aromatic rings. The predicted octanol–water partition coefficient (Wildman–Crippen LogP) is 3.77. The van der Waals surface area contributed by atoms with E-state index in [1.54, 1.807) is 0 Å². The number of morpholine rings is 1. The van der Waals surface area contributed by atoms with Crippen molar-refractivity contribution in [3.8, 4) is 0 Å². The van der Waals surface area contributed by atoms with Crippen molar-refractivity contribution in [2.24, 2.45) is 11.8 Å². The normalized spacial score (nSPS) is 21.3. The van der Waals surface area contributed by atoms with E-state index in [2.05, 4.69) is 48.1 Å². The van der Waals surface area contributed by atoms with E-state index in [-0.39, 0.29) is 5.91 Å². The molecule has 1 aromatic carbocycles. The molecule has 5 nitrogen and oxygen atoms in total. The van der Waals surface area contributed by atoms with Crippen molar-refractivity contribution in [3.63, 3.8) is 0 Å². The van der Waals surface area contributed by atoms with Gasteiger partial charge in [0.25, 0.3) is 5.91 Å². The quantitative estimate of drug-likeness (QED) is 0.780. The van der Waals surface area contributed by atoms with Crippen LogP contribution in [-0.2, 0) is 17.6 Å². The Hall–Kier alpha value is -1.85. The molecule has 0 bridgehead atoms. The van der Waals surface area contributed by atoms with Crippen molar-refractivity contribution in [2.45, 2.75) is 52.5 Å². The first-order valence-electron chi connectivity index (χ1n) is 11.2. The van der Waals surface area contributed by atoms with Crippen molar-refractivity contribution in [1.82, 2.24) is 15.2 Å². The van der Waals surface area contributed by atoms with Crippen LogP contribution in [0.1, 0.15) is 55.2 Å². The molecule has 158 valence electrons. The molecule has 2 unspecified atom stereocenters. The van der Waals surface area contributed by atoms with Crippen LogP contribution in [0.5, 0.6) is 0 Å². The minimum atomic E-state index is 0.0349. The minimum absolute atomic E-state index is 0.0349. The standard InChI is InChI=1S/C24H35N3O2/c1-16(2)12-19(27-8-10-29-11-9-27)15-25-24(28)18-5-7-23-21(14-18)20-13-17(3)4-6-22(20)26-23/h5,7,14,16-17,19,26H,4,6,8-13,15H2,1-3H3,(H,25,28). The third kappa shape index (κ3) is 4.67. The zero-order chi connectivity index (χ0) is 20.4. The van der Waals surface area contributed by atoms with E-state index >= 15 is 0 Å². The van der Waals surface area contributed by atoms with Gasteiger partial charge in [0.1, 0.15) is 0 Å². The van der Waals surface area contributed by atoms with Crippen LogP contribution in [0.15, 0.2) is 18.2 Å². The summed E-state index contributed by atoms with van der Waals surface area (Å²) < 4.78 is 5.50. The van der Waals surface area contributed by atoms with Crippen molar-refractivity contribution in [2.75, 3.05) is 32.8 Å². The number of nitrogens with zero attached hydrogens (tertiary/aromatic N) is 1. The van der Waals surface area contributed by atoms with Gasteiger partial charge in [-0.25, -0.2) is 0 Å². The average Bonchev–Trinajstić information content (AvgIpc) is 3.08. The lowest BCUT2D eigenvalue weighted by atomic mass is 9.87. The number of ether oxygens (including phenoxy) is 1. The van der Waals surface area contributed by atoms with Gasteiger partial charge in [-0.2, -0.15) is 0 Å². The topological polar surface area (TPSA) is 57.4 Å². The number of nitrogens with one attached hydrogen (secondary N) is 2. The van der Waals surface area contributed by atoms with Crippen LogP contribution in [0.4, 0.5) is 0 Å². The maximum atomic E-state index is 13.0. The average molecular weight is 398 g/mol. The lowest BCUT2D eigenvalue weighted by molar-refractivity contribution is 0.0124. The maximum Gasteiger partial charge on any atom is 0.251 e. The Kier molecular flexibility index (Phi) is 6.26. The first-order valence-corrected chi connectivity index (χ1v) is 11.2. The van der Waals surface area contributed by atoms with E-state index in [0.717, 1.165) is 56.6 Å². The summed E-state index contributed by atoms with van der Waals surface area (Å²) in [7, 11) is 0. The summed E-state index contributed by atoms with van der Waals surface area (Å²) in [4.78, 5) is 19.0. The zero-order valence-corrected chi connectivity index (χ0v) is 18.1.